The first-order valence-corrected chi connectivity index (χ1v) is 6.63. The van der Waals surface area contributed by atoms with E-state index in [1.54, 1.807) is 7.05 Å². The maximum absolute atomic E-state index is 6.29. The zero-order chi connectivity index (χ0) is 13.1. The predicted octanol–water partition coefficient (Wildman–Crippen LogP) is 2.13. The molecule has 2 aromatic rings. The molecule has 0 aliphatic heterocycles. The van der Waals surface area contributed by atoms with Gasteiger partial charge in [0.05, 0.1) is 12.1 Å². The first-order valence-electron chi connectivity index (χ1n) is 5.46. The van der Waals surface area contributed by atoms with Crippen molar-refractivity contribution in [3.8, 4) is 0 Å². The number of hydrogen-bond acceptors (Lipinski definition) is 4. The summed E-state index contributed by atoms with van der Waals surface area (Å²) >= 11 is 9.72. The summed E-state index contributed by atoms with van der Waals surface area (Å²) in [4.78, 5) is 1.45. The highest BCUT2D eigenvalue weighted by Crippen LogP contribution is 2.31. The lowest BCUT2D eigenvalue weighted by molar-refractivity contribution is 0.570. The van der Waals surface area contributed by atoms with E-state index >= 15 is 0 Å². The maximum atomic E-state index is 6.29. The lowest BCUT2D eigenvalue weighted by atomic mass is 10.0. The first kappa shape index (κ1) is 13.5. The smallest absolute Gasteiger partial charge is 0.176 e. The molecule has 0 spiro atoms. The number of aromatic nitrogens is 4. The average Bonchev–Trinajstić information content (AvgIpc) is 2.76. The average molecular weight is 331 g/mol. The lowest BCUT2D eigenvalue weighted by Crippen LogP contribution is -2.20. The Labute approximate surface area is 119 Å². The maximum Gasteiger partial charge on any atom is 0.176 e. The summed E-state index contributed by atoms with van der Waals surface area (Å²) in [5, 5.41) is 15.9. The molecule has 1 atom stereocenters. The molecule has 0 fully saturated rings. The van der Waals surface area contributed by atoms with Crippen LogP contribution < -0.4 is 5.32 Å². The Kier molecular flexibility index (Phi) is 4.31. The van der Waals surface area contributed by atoms with Gasteiger partial charge in [-0.3, -0.25) is 0 Å². The van der Waals surface area contributed by atoms with Crippen LogP contribution in [0.15, 0.2) is 22.7 Å². The minimum atomic E-state index is 0.0548. The molecule has 0 radical (unpaired) electrons. The molecule has 1 aromatic heterocycles. The van der Waals surface area contributed by atoms with Crippen LogP contribution in [0.2, 0.25) is 5.02 Å². The van der Waals surface area contributed by atoms with Gasteiger partial charge < -0.3 is 5.32 Å². The van der Waals surface area contributed by atoms with Crippen LogP contribution in [0.1, 0.15) is 17.4 Å². The summed E-state index contributed by atoms with van der Waals surface area (Å²) in [6, 6.07) is 5.92. The van der Waals surface area contributed by atoms with Crippen molar-refractivity contribution >= 4 is 27.5 Å². The molecule has 0 aliphatic rings. The standard InChI is InChI=1S/C11H13BrClN5/c1-14-9(6-10-15-17-18(2)16-10)7-4-3-5-8(12)11(7)13/h3-5,9,14H,6H2,1-2H3. The minimum Gasteiger partial charge on any atom is -0.313 e. The zero-order valence-electron chi connectivity index (χ0n) is 10.1. The summed E-state index contributed by atoms with van der Waals surface area (Å²) in [6.07, 6.45) is 0.639. The zero-order valence-corrected chi connectivity index (χ0v) is 12.4. The quantitative estimate of drug-likeness (QED) is 0.933. The van der Waals surface area contributed by atoms with Gasteiger partial charge in [0.15, 0.2) is 5.82 Å². The molecule has 7 heteroatoms. The Balaban J connectivity index is 2.25. The molecule has 5 nitrogen and oxygen atoms in total. The van der Waals surface area contributed by atoms with Crippen LogP contribution >= 0.6 is 27.5 Å². The van der Waals surface area contributed by atoms with E-state index in [0.717, 1.165) is 10.0 Å². The summed E-state index contributed by atoms with van der Waals surface area (Å²) in [6.45, 7) is 0. The van der Waals surface area contributed by atoms with Gasteiger partial charge in [0.1, 0.15) is 0 Å². The molecule has 0 saturated heterocycles. The number of halogens is 2. The molecule has 1 N–H and O–H groups in total. The van der Waals surface area contributed by atoms with Gasteiger partial charge in [-0.15, -0.1) is 10.2 Å². The second kappa shape index (κ2) is 5.77. The Hall–Kier alpha value is -0.980. The van der Waals surface area contributed by atoms with Crippen LogP contribution in [0.4, 0.5) is 0 Å². The second-order valence-electron chi connectivity index (χ2n) is 3.88. The predicted molar refractivity (Wildman–Crippen MR) is 73.5 cm³/mol. The third kappa shape index (κ3) is 2.88. The van der Waals surface area contributed by atoms with E-state index < -0.39 is 0 Å². The summed E-state index contributed by atoms with van der Waals surface area (Å²) in [5.74, 6) is 0.688. The molecule has 0 amide bonds. The third-order valence-electron chi connectivity index (χ3n) is 2.64. The Morgan fingerprint density at radius 1 is 1.50 bits per heavy atom. The number of nitrogens with one attached hydrogen (secondary N) is 1. The van der Waals surface area contributed by atoms with Crippen LogP contribution in [0.3, 0.4) is 0 Å². The van der Waals surface area contributed by atoms with Gasteiger partial charge in [-0.1, -0.05) is 23.7 Å². The van der Waals surface area contributed by atoms with E-state index in [1.165, 1.54) is 4.80 Å². The fraction of sp³-hybridized carbons (Fsp3) is 0.364. The SMILES string of the molecule is CNC(Cc1nnn(C)n1)c1cccc(Br)c1Cl. The van der Waals surface area contributed by atoms with E-state index in [1.807, 2.05) is 25.2 Å². The van der Waals surface area contributed by atoms with Gasteiger partial charge in [0.2, 0.25) is 0 Å². The van der Waals surface area contributed by atoms with Gasteiger partial charge in [-0.25, -0.2) is 0 Å². The van der Waals surface area contributed by atoms with Crippen molar-refractivity contribution in [1.82, 2.24) is 25.5 Å². The highest BCUT2D eigenvalue weighted by Gasteiger charge is 2.17. The Morgan fingerprint density at radius 2 is 2.28 bits per heavy atom. The number of likely N-dealkylation sites (N-methyl/N-ethyl adjacent to an activating group) is 1. The van der Waals surface area contributed by atoms with Gasteiger partial charge in [-0.05, 0) is 39.8 Å². The van der Waals surface area contributed by atoms with Crippen molar-refractivity contribution in [2.75, 3.05) is 7.05 Å². The fourth-order valence-electron chi connectivity index (χ4n) is 1.74. The van der Waals surface area contributed by atoms with Crippen LogP contribution in [0.5, 0.6) is 0 Å². The van der Waals surface area contributed by atoms with Gasteiger partial charge in [0, 0.05) is 16.9 Å². The molecule has 1 unspecified atom stereocenters. The monoisotopic (exact) mass is 329 g/mol. The van der Waals surface area contributed by atoms with Crippen molar-refractivity contribution in [2.45, 2.75) is 12.5 Å². The van der Waals surface area contributed by atoms with Crippen LogP contribution in [-0.4, -0.2) is 27.3 Å². The van der Waals surface area contributed by atoms with Crippen LogP contribution in [0.25, 0.3) is 0 Å². The molecule has 0 bridgehead atoms. The normalized spacial score (nSPS) is 12.7. The van der Waals surface area contributed by atoms with Gasteiger partial charge in [0.25, 0.3) is 0 Å². The van der Waals surface area contributed by atoms with Crippen molar-refractivity contribution < 1.29 is 0 Å². The van der Waals surface area contributed by atoms with Crippen molar-refractivity contribution in [1.29, 1.82) is 0 Å². The second-order valence-corrected chi connectivity index (χ2v) is 5.12. The number of hydrogen-bond donors (Lipinski definition) is 1. The number of nitrogens with zero attached hydrogens (tertiary/aromatic N) is 4. The molecule has 1 heterocycles. The Morgan fingerprint density at radius 3 is 2.89 bits per heavy atom. The number of tetrazole rings is 1. The number of aryl methyl sites for hydroxylation is 1. The van der Waals surface area contributed by atoms with Crippen molar-refractivity contribution in [2.24, 2.45) is 7.05 Å². The van der Waals surface area contributed by atoms with Gasteiger partial charge in [-0.2, -0.15) is 4.80 Å². The highest BCUT2D eigenvalue weighted by molar-refractivity contribution is 9.10. The summed E-state index contributed by atoms with van der Waals surface area (Å²) in [7, 11) is 3.63. The molecule has 2 rings (SSSR count). The summed E-state index contributed by atoms with van der Waals surface area (Å²) < 4.78 is 0.883. The molecule has 18 heavy (non-hydrogen) atoms. The van der Waals surface area contributed by atoms with Crippen LogP contribution in [0, 0.1) is 0 Å². The highest BCUT2D eigenvalue weighted by atomic mass is 79.9. The molecule has 0 saturated carbocycles. The van der Waals surface area contributed by atoms with Crippen LogP contribution in [-0.2, 0) is 13.5 Å². The molecular formula is C11H13BrClN5. The molecule has 0 aliphatic carbocycles. The topological polar surface area (TPSA) is 55.6 Å². The van der Waals surface area contributed by atoms with E-state index in [2.05, 4.69) is 36.7 Å². The first-order chi connectivity index (χ1) is 8.61. The Bertz CT molecular complexity index is 542. The van der Waals surface area contributed by atoms with Gasteiger partial charge >= 0.3 is 0 Å². The van der Waals surface area contributed by atoms with E-state index in [4.69, 9.17) is 11.6 Å². The van der Waals surface area contributed by atoms with Crippen molar-refractivity contribution in [3.63, 3.8) is 0 Å². The third-order valence-corrected chi connectivity index (χ3v) is 3.95. The fourth-order valence-corrected chi connectivity index (χ4v) is 2.38. The lowest BCUT2D eigenvalue weighted by Gasteiger charge is -2.16. The van der Waals surface area contributed by atoms with E-state index in [9.17, 15) is 0 Å². The van der Waals surface area contributed by atoms with Crippen molar-refractivity contribution in [3.05, 3.63) is 39.1 Å². The van der Waals surface area contributed by atoms with E-state index in [-0.39, 0.29) is 6.04 Å². The largest absolute Gasteiger partial charge is 0.313 e. The minimum absolute atomic E-state index is 0.0548. The van der Waals surface area contributed by atoms with E-state index in [0.29, 0.717) is 17.3 Å². The molecular weight excluding hydrogens is 318 g/mol. The number of rotatable bonds is 4. The molecule has 96 valence electrons. The summed E-state index contributed by atoms with van der Waals surface area (Å²) in [5.41, 5.74) is 1.01. The molecule has 1 aromatic carbocycles. The number of benzene rings is 1.